The van der Waals surface area contributed by atoms with Crippen LogP contribution in [-0.4, -0.2) is 62.3 Å². The molecule has 0 N–H and O–H groups in total. The van der Waals surface area contributed by atoms with Crippen LogP contribution in [0, 0.1) is 0 Å². The van der Waals surface area contributed by atoms with Gasteiger partial charge in [-0.05, 0) is 32.1 Å². The molecule has 0 aliphatic carbocycles. The van der Waals surface area contributed by atoms with E-state index in [1.54, 1.807) is 17.3 Å². The largest absolute Gasteiger partial charge is 0.341 e. The molecule has 2 fully saturated rings. The molecule has 114 valence electrons. The van der Waals surface area contributed by atoms with Crippen molar-refractivity contribution >= 4 is 11.8 Å². The lowest BCUT2D eigenvalue weighted by Gasteiger charge is -2.32. The predicted octanol–water partition coefficient (Wildman–Crippen LogP) is 0.282. The Morgan fingerprint density at radius 3 is 2.62 bits per heavy atom. The van der Waals surface area contributed by atoms with Crippen LogP contribution in [0.1, 0.15) is 32.1 Å². The molecule has 3 rings (SSSR count). The summed E-state index contributed by atoms with van der Waals surface area (Å²) < 4.78 is 1.50. The highest BCUT2D eigenvalue weighted by atomic mass is 16.2. The van der Waals surface area contributed by atoms with E-state index >= 15 is 0 Å². The molecule has 7 heteroatoms. The number of nitrogens with zero attached hydrogens (tertiary/aromatic N) is 5. The summed E-state index contributed by atoms with van der Waals surface area (Å²) in [7, 11) is 0. The second-order valence-electron chi connectivity index (χ2n) is 5.73. The molecule has 21 heavy (non-hydrogen) atoms. The van der Waals surface area contributed by atoms with Gasteiger partial charge in [0.2, 0.25) is 11.8 Å². The van der Waals surface area contributed by atoms with Gasteiger partial charge in [-0.15, -0.1) is 5.10 Å². The topological polar surface area (TPSA) is 71.3 Å². The maximum atomic E-state index is 12.6. The van der Waals surface area contributed by atoms with Gasteiger partial charge in [0.25, 0.3) is 0 Å². The highest BCUT2D eigenvalue weighted by Gasteiger charge is 2.36. The third kappa shape index (κ3) is 3.06. The molecule has 3 heterocycles. The van der Waals surface area contributed by atoms with Gasteiger partial charge in [-0.3, -0.25) is 9.59 Å². The van der Waals surface area contributed by atoms with Crippen molar-refractivity contribution in [2.45, 2.75) is 44.7 Å². The molecular formula is C14H21N5O2. The SMILES string of the molecule is O=C([C@@H]1CCCN1C(=O)Cn1ccnn1)N1CCCCC1. The minimum Gasteiger partial charge on any atom is -0.341 e. The Hall–Kier alpha value is -1.92. The van der Waals surface area contributed by atoms with E-state index in [0.29, 0.717) is 6.54 Å². The fourth-order valence-electron chi connectivity index (χ4n) is 3.19. The lowest BCUT2D eigenvalue weighted by atomic mass is 10.1. The average Bonchev–Trinajstić information content (AvgIpc) is 3.18. The number of amides is 2. The van der Waals surface area contributed by atoms with Gasteiger partial charge in [0.1, 0.15) is 12.6 Å². The number of piperidine rings is 1. The zero-order valence-electron chi connectivity index (χ0n) is 12.1. The molecule has 0 bridgehead atoms. The maximum Gasteiger partial charge on any atom is 0.245 e. The number of aromatic nitrogens is 3. The molecule has 0 spiro atoms. The van der Waals surface area contributed by atoms with E-state index in [1.165, 1.54) is 11.1 Å². The summed E-state index contributed by atoms with van der Waals surface area (Å²) in [6.45, 7) is 2.49. The normalized spacial score (nSPS) is 22.6. The molecule has 2 amide bonds. The number of carbonyl (C=O) groups is 2. The maximum absolute atomic E-state index is 12.6. The van der Waals surface area contributed by atoms with E-state index in [2.05, 4.69) is 10.3 Å². The lowest BCUT2D eigenvalue weighted by Crippen LogP contribution is -2.49. The smallest absolute Gasteiger partial charge is 0.245 e. The van der Waals surface area contributed by atoms with E-state index in [0.717, 1.165) is 38.8 Å². The summed E-state index contributed by atoms with van der Waals surface area (Å²) in [6, 6.07) is -0.279. The predicted molar refractivity (Wildman–Crippen MR) is 75.2 cm³/mol. The molecule has 1 aromatic rings. The summed E-state index contributed by atoms with van der Waals surface area (Å²) in [5.74, 6) is 0.0764. The number of hydrogen-bond acceptors (Lipinski definition) is 4. The molecule has 0 aromatic carbocycles. The first-order valence-electron chi connectivity index (χ1n) is 7.68. The van der Waals surface area contributed by atoms with Crippen molar-refractivity contribution in [1.82, 2.24) is 24.8 Å². The summed E-state index contributed by atoms with van der Waals surface area (Å²) in [5.41, 5.74) is 0. The fraction of sp³-hybridized carbons (Fsp3) is 0.714. The second-order valence-corrected chi connectivity index (χ2v) is 5.73. The first kappa shape index (κ1) is 14.0. The van der Waals surface area contributed by atoms with Crippen LogP contribution >= 0.6 is 0 Å². The van der Waals surface area contributed by atoms with Crippen LogP contribution < -0.4 is 0 Å². The van der Waals surface area contributed by atoms with Crippen LogP contribution in [0.25, 0.3) is 0 Å². The van der Waals surface area contributed by atoms with Gasteiger partial charge in [-0.1, -0.05) is 5.21 Å². The number of hydrogen-bond donors (Lipinski definition) is 0. The van der Waals surface area contributed by atoms with Crippen molar-refractivity contribution in [2.75, 3.05) is 19.6 Å². The summed E-state index contributed by atoms with van der Waals surface area (Å²) in [4.78, 5) is 28.6. The number of rotatable bonds is 3. The van der Waals surface area contributed by atoms with Gasteiger partial charge in [0.05, 0.1) is 6.20 Å². The standard InChI is InChI=1S/C14H21N5O2/c20-13(11-18-10-6-15-16-18)19-9-4-5-12(19)14(21)17-7-2-1-3-8-17/h6,10,12H,1-5,7-9,11H2/t12-/m0/s1. The monoisotopic (exact) mass is 291 g/mol. The van der Waals surface area contributed by atoms with Crippen LogP contribution in [0.2, 0.25) is 0 Å². The zero-order valence-corrected chi connectivity index (χ0v) is 12.1. The van der Waals surface area contributed by atoms with E-state index in [-0.39, 0.29) is 24.4 Å². The molecule has 0 radical (unpaired) electrons. The van der Waals surface area contributed by atoms with Crippen molar-refractivity contribution in [3.8, 4) is 0 Å². The van der Waals surface area contributed by atoms with Crippen molar-refractivity contribution in [3.05, 3.63) is 12.4 Å². The minimum atomic E-state index is -0.279. The number of carbonyl (C=O) groups excluding carboxylic acids is 2. The van der Waals surface area contributed by atoms with E-state index in [4.69, 9.17) is 0 Å². The van der Waals surface area contributed by atoms with Gasteiger partial charge in [-0.25, -0.2) is 4.68 Å². The van der Waals surface area contributed by atoms with Crippen LogP contribution in [-0.2, 0) is 16.1 Å². The van der Waals surface area contributed by atoms with Gasteiger partial charge < -0.3 is 9.80 Å². The lowest BCUT2D eigenvalue weighted by molar-refractivity contribution is -0.144. The van der Waals surface area contributed by atoms with E-state index in [1.807, 2.05) is 4.90 Å². The Morgan fingerprint density at radius 1 is 1.10 bits per heavy atom. The summed E-state index contributed by atoms with van der Waals surface area (Å²) in [5, 5.41) is 7.51. The van der Waals surface area contributed by atoms with Crippen LogP contribution in [0.3, 0.4) is 0 Å². The van der Waals surface area contributed by atoms with E-state index in [9.17, 15) is 9.59 Å². The Bertz CT molecular complexity index is 495. The Labute approximate surface area is 123 Å². The molecule has 2 aliphatic heterocycles. The van der Waals surface area contributed by atoms with Crippen LogP contribution in [0.5, 0.6) is 0 Å². The molecule has 0 unspecified atom stereocenters. The molecule has 0 saturated carbocycles. The second kappa shape index (κ2) is 6.24. The summed E-state index contributed by atoms with van der Waals surface area (Å²) >= 11 is 0. The van der Waals surface area contributed by atoms with Gasteiger partial charge in [0.15, 0.2) is 0 Å². The molecular weight excluding hydrogens is 270 g/mol. The van der Waals surface area contributed by atoms with Crippen molar-refractivity contribution in [1.29, 1.82) is 0 Å². The Balaban J connectivity index is 1.64. The molecule has 2 saturated heterocycles. The van der Waals surface area contributed by atoms with Gasteiger partial charge >= 0.3 is 0 Å². The third-order valence-corrected chi connectivity index (χ3v) is 4.30. The van der Waals surface area contributed by atoms with Gasteiger partial charge in [0, 0.05) is 25.8 Å². The highest BCUT2D eigenvalue weighted by Crippen LogP contribution is 2.21. The number of likely N-dealkylation sites (tertiary alicyclic amines) is 2. The minimum absolute atomic E-state index is 0.0478. The Kier molecular flexibility index (Phi) is 4.17. The van der Waals surface area contributed by atoms with Crippen molar-refractivity contribution in [3.63, 3.8) is 0 Å². The van der Waals surface area contributed by atoms with Crippen molar-refractivity contribution in [2.24, 2.45) is 0 Å². The summed E-state index contributed by atoms with van der Waals surface area (Å²) in [6.07, 6.45) is 8.23. The van der Waals surface area contributed by atoms with Crippen LogP contribution in [0.4, 0.5) is 0 Å². The van der Waals surface area contributed by atoms with E-state index < -0.39 is 0 Å². The first-order valence-corrected chi connectivity index (χ1v) is 7.68. The quantitative estimate of drug-likeness (QED) is 0.802. The molecule has 7 nitrogen and oxygen atoms in total. The zero-order chi connectivity index (χ0) is 14.7. The molecule has 2 aliphatic rings. The van der Waals surface area contributed by atoms with Gasteiger partial charge in [-0.2, -0.15) is 0 Å². The molecule has 1 aromatic heterocycles. The molecule has 1 atom stereocenters. The third-order valence-electron chi connectivity index (χ3n) is 4.30. The van der Waals surface area contributed by atoms with Crippen LogP contribution in [0.15, 0.2) is 12.4 Å². The fourth-order valence-corrected chi connectivity index (χ4v) is 3.19. The highest BCUT2D eigenvalue weighted by molar-refractivity contribution is 5.88. The average molecular weight is 291 g/mol. The first-order chi connectivity index (χ1) is 10.3. The van der Waals surface area contributed by atoms with Crippen molar-refractivity contribution < 1.29 is 9.59 Å². The Morgan fingerprint density at radius 2 is 1.90 bits per heavy atom.